The Kier molecular flexibility index (Phi) is 4.16. The molecule has 7 heteroatoms. The zero-order valence-corrected chi connectivity index (χ0v) is 10.6. The van der Waals surface area contributed by atoms with E-state index in [4.69, 9.17) is 5.11 Å². The van der Waals surface area contributed by atoms with Crippen molar-refractivity contribution in [1.82, 2.24) is 5.32 Å². The largest absolute Gasteiger partial charge is 0.478 e. The SMILES string of the molecule is O=C(O)c1cc(F)c(NCCNC(=O)C2CC2)c(F)c1. The first kappa shape index (κ1) is 14.2. The van der Waals surface area contributed by atoms with Gasteiger partial charge in [0.05, 0.1) is 5.56 Å². The van der Waals surface area contributed by atoms with Gasteiger partial charge in [0.1, 0.15) is 17.3 Å². The van der Waals surface area contributed by atoms with Gasteiger partial charge in [0, 0.05) is 19.0 Å². The fraction of sp³-hybridized carbons (Fsp3) is 0.385. The molecule has 0 radical (unpaired) electrons. The minimum Gasteiger partial charge on any atom is -0.478 e. The number of anilines is 1. The lowest BCUT2D eigenvalue weighted by molar-refractivity contribution is -0.122. The van der Waals surface area contributed by atoms with E-state index < -0.39 is 28.9 Å². The molecule has 20 heavy (non-hydrogen) atoms. The van der Waals surface area contributed by atoms with Gasteiger partial charge in [-0.1, -0.05) is 0 Å². The van der Waals surface area contributed by atoms with Crippen LogP contribution in [0.3, 0.4) is 0 Å². The van der Waals surface area contributed by atoms with E-state index in [0.29, 0.717) is 0 Å². The monoisotopic (exact) mass is 284 g/mol. The molecule has 1 aromatic rings. The summed E-state index contributed by atoms with van der Waals surface area (Å²) in [5.41, 5.74) is -0.844. The van der Waals surface area contributed by atoms with Gasteiger partial charge in [-0.05, 0) is 25.0 Å². The molecule has 3 N–H and O–H groups in total. The maximum atomic E-state index is 13.5. The number of halogens is 2. The van der Waals surface area contributed by atoms with Gasteiger partial charge in [-0.15, -0.1) is 0 Å². The number of carboxylic acid groups (broad SMARTS) is 1. The molecule has 108 valence electrons. The highest BCUT2D eigenvalue weighted by molar-refractivity contribution is 5.88. The normalized spacial score (nSPS) is 13.9. The number of nitrogens with one attached hydrogen (secondary N) is 2. The first-order valence-electron chi connectivity index (χ1n) is 6.23. The molecule has 0 heterocycles. The molecule has 1 aromatic carbocycles. The Labute approximate surface area is 114 Å². The predicted molar refractivity (Wildman–Crippen MR) is 67.5 cm³/mol. The second-order valence-electron chi connectivity index (χ2n) is 4.61. The van der Waals surface area contributed by atoms with Crippen molar-refractivity contribution in [2.45, 2.75) is 12.8 Å². The fourth-order valence-electron chi connectivity index (χ4n) is 1.73. The molecule has 0 unspecified atom stereocenters. The lowest BCUT2D eigenvalue weighted by atomic mass is 10.2. The highest BCUT2D eigenvalue weighted by Crippen LogP contribution is 2.28. The van der Waals surface area contributed by atoms with Gasteiger partial charge in [-0.25, -0.2) is 13.6 Å². The van der Waals surface area contributed by atoms with Crippen molar-refractivity contribution >= 4 is 17.6 Å². The van der Waals surface area contributed by atoms with E-state index in [1.54, 1.807) is 0 Å². The minimum atomic E-state index is -1.40. The van der Waals surface area contributed by atoms with Crippen LogP contribution in [-0.2, 0) is 4.79 Å². The summed E-state index contributed by atoms with van der Waals surface area (Å²) in [6.07, 6.45) is 1.78. The number of hydrogen-bond donors (Lipinski definition) is 3. The standard InChI is InChI=1S/C13H14F2N2O3/c14-9-5-8(13(19)20)6-10(15)11(9)16-3-4-17-12(18)7-1-2-7/h5-7,16H,1-4H2,(H,17,18)(H,19,20). The highest BCUT2D eigenvalue weighted by atomic mass is 19.1. The van der Waals surface area contributed by atoms with E-state index in [0.717, 1.165) is 25.0 Å². The van der Waals surface area contributed by atoms with E-state index >= 15 is 0 Å². The Hall–Kier alpha value is -2.18. The number of aromatic carboxylic acids is 1. The van der Waals surface area contributed by atoms with Crippen LogP contribution in [0.25, 0.3) is 0 Å². The summed E-state index contributed by atoms with van der Waals surface area (Å²) < 4.78 is 27.1. The summed E-state index contributed by atoms with van der Waals surface area (Å²) in [7, 11) is 0. The second kappa shape index (κ2) is 5.85. The number of rotatable bonds is 6. The van der Waals surface area contributed by atoms with E-state index in [-0.39, 0.29) is 24.9 Å². The highest BCUT2D eigenvalue weighted by Gasteiger charge is 2.29. The van der Waals surface area contributed by atoms with Crippen LogP contribution in [0.4, 0.5) is 14.5 Å². The Bertz CT molecular complexity index is 521. The van der Waals surface area contributed by atoms with E-state index in [1.165, 1.54) is 0 Å². The minimum absolute atomic E-state index is 0.0473. The van der Waals surface area contributed by atoms with Crippen LogP contribution < -0.4 is 10.6 Å². The summed E-state index contributed by atoms with van der Waals surface area (Å²) in [5, 5.41) is 13.8. The summed E-state index contributed by atoms with van der Waals surface area (Å²) in [4.78, 5) is 21.9. The lowest BCUT2D eigenvalue weighted by Crippen LogP contribution is -2.30. The third kappa shape index (κ3) is 3.43. The van der Waals surface area contributed by atoms with Gasteiger partial charge in [0.2, 0.25) is 5.91 Å². The van der Waals surface area contributed by atoms with E-state index in [9.17, 15) is 18.4 Å². The topological polar surface area (TPSA) is 78.4 Å². The summed E-state index contributed by atoms with van der Waals surface area (Å²) >= 11 is 0. The Morgan fingerprint density at radius 3 is 2.30 bits per heavy atom. The average Bonchev–Trinajstić information content (AvgIpc) is 3.20. The maximum Gasteiger partial charge on any atom is 0.335 e. The van der Waals surface area contributed by atoms with Gasteiger partial charge in [0.15, 0.2) is 0 Å². The molecule has 1 amide bonds. The van der Waals surface area contributed by atoms with Crippen LogP contribution in [0.5, 0.6) is 0 Å². The van der Waals surface area contributed by atoms with E-state index in [2.05, 4.69) is 10.6 Å². The summed E-state index contributed by atoms with van der Waals surface area (Å²) in [5.74, 6) is -3.31. The van der Waals surface area contributed by atoms with Crippen molar-refractivity contribution in [3.05, 3.63) is 29.3 Å². The third-order valence-corrected chi connectivity index (χ3v) is 2.96. The van der Waals surface area contributed by atoms with Crippen LogP contribution in [0.15, 0.2) is 12.1 Å². The first-order valence-corrected chi connectivity index (χ1v) is 6.23. The zero-order chi connectivity index (χ0) is 14.7. The van der Waals surface area contributed by atoms with Crippen LogP contribution in [0, 0.1) is 17.6 Å². The fourth-order valence-corrected chi connectivity index (χ4v) is 1.73. The third-order valence-electron chi connectivity index (χ3n) is 2.96. The number of carbonyl (C=O) groups is 2. The Balaban J connectivity index is 1.88. The molecule has 0 saturated heterocycles. The number of carbonyl (C=O) groups excluding carboxylic acids is 1. The molecule has 0 bridgehead atoms. The number of hydrogen-bond acceptors (Lipinski definition) is 3. The molecular weight excluding hydrogens is 270 g/mol. The lowest BCUT2D eigenvalue weighted by Gasteiger charge is -2.10. The maximum absolute atomic E-state index is 13.5. The quantitative estimate of drug-likeness (QED) is 0.693. The molecule has 5 nitrogen and oxygen atoms in total. The smallest absolute Gasteiger partial charge is 0.335 e. The predicted octanol–water partition coefficient (Wildman–Crippen LogP) is 1.60. The number of benzene rings is 1. The van der Waals surface area contributed by atoms with Crippen molar-refractivity contribution < 1.29 is 23.5 Å². The van der Waals surface area contributed by atoms with Crippen molar-refractivity contribution in [3.63, 3.8) is 0 Å². The molecule has 2 rings (SSSR count). The van der Waals surface area contributed by atoms with Gasteiger partial charge in [-0.3, -0.25) is 4.79 Å². The molecule has 0 aromatic heterocycles. The average molecular weight is 284 g/mol. The molecule has 0 aliphatic heterocycles. The molecule has 0 atom stereocenters. The van der Waals surface area contributed by atoms with Crippen LogP contribution in [0.1, 0.15) is 23.2 Å². The van der Waals surface area contributed by atoms with Gasteiger partial charge in [0.25, 0.3) is 0 Å². The molecule has 1 saturated carbocycles. The Morgan fingerprint density at radius 1 is 1.20 bits per heavy atom. The van der Waals surface area contributed by atoms with Crippen molar-refractivity contribution in [1.29, 1.82) is 0 Å². The molecule has 1 fully saturated rings. The van der Waals surface area contributed by atoms with Gasteiger partial charge < -0.3 is 15.7 Å². The van der Waals surface area contributed by atoms with Gasteiger partial charge in [-0.2, -0.15) is 0 Å². The number of amides is 1. The van der Waals surface area contributed by atoms with E-state index in [1.807, 2.05) is 0 Å². The molecular formula is C13H14F2N2O3. The van der Waals surface area contributed by atoms with Crippen LogP contribution in [0.2, 0.25) is 0 Å². The van der Waals surface area contributed by atoms with Crippen molar-refractivity contribution in [2.75, 3.05) is 18.4 Å². The van der Waals surface area contributed by atoms with Crippen LogP contribution in [-0.4, -0.2) is 30.1 Å². The molecule has 1 aliphatic carbocycles. The van der Waals surface area contributed by atoms with Crippen LogP contribution >= 0.6 is 0 Å². The van der Waals surface area contributed by atoms with Gasteiger partial charge >= 0.3 is 5.97 Å². The molecule has 1 aliphatic rings. The summed E-state index contributed by atoms with van der Waals surface area (Å²) in [6, 6.07) is 1.49. The second-order valence-corrected chi connectivity index (χ2v) is 4.61. The van der Waals surface area contributed by atoms with Crippen molar-refractivity contribution in [2.24, 2.45) is 5.92 Å². The first-order chi connectivity index (χ1) is 9.49. The summed E-state index contributed by atoms with van der Waals surface area (Å²) in [6.45, 7) is 0.396. The molecule has 0 spiro atoms. The zero-order valence-electron chi connectivity index (χ0n) is 10.6. The Morgan fingerprint density at radius 2 is 1.80 bits per heavy atom. The number of carboxylic acids is 1. The van der Waals surface area contributed by atoms with Crippen molar-refractivity contribution in [3.8, 4) is 0 Å².